The molecule has 6 nitrogen and oxygen atoms in total. The number of isocyanates is 1. The lowest BCUT2D eigenvalue weighted by Gasteiger charge is -2.16. The number of fused-ring (bicyclic) bond motifs is 1. The summed E-state index contributed by atoms with van der Waals surface area (Å²) in [5.74, 6) is -1.34. The number of ether oxygens (including phenoxy) is 1. The summed E-state index contributed by atoms with van der Waals surface area (Å²) in [4.78, 5) is 37.6. The zero-order valence-electron chi connectivity index (χ0n) is 14.9. The van der Waals surface area contributed by atoms with Gasteiger partial charge in [-0.25, -0.2) is 9.59 Å². The average Bonchev–Trinajstić information content (AvgIpc) is 2.98. The summed E-state index contributed by atoms with van der Waals surface area (Å²) in [5, 5.41) is 8.80. The molecule has 1 aromatic carbocycles. The molecule has 0 saturated heterocycles. The molecule has 2 rings (SSSR count). The maximum Gasteiger partial charge on any atom is 0.341 e. The Balaban J connectivity index is 2.56. The Kier molecular flexibility index (Phi) is 6.26. The van der Waals surface area contributed by atoms with Crippen LogP contribution in [0.15, 0.2) is 29.3 Å². The Morgan fingerprint density at radius 1 is 1.35 bits per heavy atom. The number of carbonyl (C=O) groups is 2. The summed E-state index contributed by atoms with van der Waals surface area (Å²) < 4.78 is 5.13. The zero-order valence-corrected chi connectivity index (χ0v) is 14.9. The van der Waals surface area contributed by atoms with Crippen LogP contribution >= 0.6 is 0 Å². The number of allylic oxidation sites excluding steroid dienone is 3. The van der Waals surface area contributed by atoms with Crippen LogP contribution in [0.25, 0.3) is 0 Å². The van der Waals surface area contributed by atoms with Crippen molar-refractivity contribution >= 4 is 23.7 Å². The average molecular weight is 355 g/mol. The fourth-order valence-corrected chi connectivity index (χ4v) is 3.13. The minimum Gasteiger partial charge on any atom is -0.481 e. The third-order valence-corrected chi connectivity index (χ3v) is 4.54. The normalized spacial score (nSPS) is 13.0. The summed E-state index contributed by atoms with van der Waals surface area (Å²) in [6, 6.07) is 0. The van der Waals surface area contributed by atoms with Crippen LogP contribution in [0, 0.1) is 6.92 Å². The molecule has 0 fully saturated rings. The highest BCUT2D eigenvalue weighted by Crippen LogP contribution is 2.39. The smallest absolute Gasteiger partial charge is 0.341 e. The molecule has 0 atom stereocenters. The molecule has 1 aromatic rings. The molecule has 0 aromatic heterocycles. The van der Waals surface area contributed by atoms with E-state index in [0.29, 0.717) is 30.5 Å². The number of benzene rings is 1. The van der Waals surface area contributed by atoms with Gasteiger partial charge in [-0.2, -0.15) is 4.99 Å². The van der Waals surface area contributed by atoms with Gasteiger partial charge in [0, 0.05) is 12.0 Å². The number of aliphatic imine (C=N–C) groups is 1. The van der Waals surface area contributed by atoms with Gasteiger partial charge in [-0.05, 0) is 49.8 Å². The third kappa shape index (κ3) is 3.98. The Morgan fingerprint density at radius 2 is 2.08 bits per heavy atom. The van der Waals surface area contributed by atoms with Crippen LogP contribution in [-0.2, 0) is 33.8 Å². The van der Waals surface area contributed by atoms with Crippen LogP contribution in [0.2, 0.25) is 0 Å². The number of carboxylic acid groups (broad SMARTS) is 1. The largest absolute Gasteiger partial charge is 0.481 e. The summed E-state index contributed by atoms with van der Waals surface area (Å²) in [6.45, 7) is 7.72. The monoisotopic (exact) mass is 355 g/mol. The number of carbonyl (C=O) groups excluding carboxylic acids is 2. The number of esters is 1. The molecular weight excluding hydrogens is 334 g/mol. The van der Waals surface area contributed by atoms with E-state index >= 15 is 0 Å². The Bertz CT molecular complexity index is 844. The van der Waals surface area contributed by atoms with E-state index in [2.05, 4.69) is 11.6 Å². The number of aliphatic carboxylic acids is 1. The molecule has 26 heavy (non-hydrogen) atoms. The lowest BCUT2D eigenvalue weighted by atomic mass is 9.88. The van der Waals surface area contributed by atoms with Gasteiger partial charge in [0.25, 0.3) is 0 Å². The SMILES string of the molecule is C=CCc1c(C)c2c(c(N=C=O)c1C/C=C(\C)CCC(=O)O)C(=O)OC2. The highest BCUT2D eigenvalue weighted by atomic mass is 16.5. The second kappa shape index (κ2) is 8.41. The maximum absolute atomic E-state index is 12.1. The molecule has 1 heterocycles. The molecule has 0 amide bonds. The van der Waals surface area contributed by atoms with Crippen molar-refractivity contribution in [2.24, 2.45) is 4.99 Å². The van der Waals surface area contributed by atoms with Crippen molar-refractivity contribution in [2.75, 3.05) is 0 Å². The minimum atomic E-state index is -0.854. The van der Waals surface area contributed by atoms with Gasteiger partial charge in [-0.15, -0.1) is 6.58 Å². The number of nitrogens with zero attached hydrogens (tertiary/aromatic N) is 1. The number of cyclic esters (lactones) is 1. The third-order valence-electron chi connectivity index (χ3n) is 4.54. The Labute approximate surface area is 151 Å². The lowest BCUT2D eigenvalue weighted by Crippen LogP contribution is -2.05. The van der Waals surface area contributed by atoms with Crippen molar-refractivity contribution in [1.29, 1.82) is 0 Å². The second-order valence-electron chi connectivity index (χ2n) is 6.20. The fourth-order valence-electron chi connectivity index (χ4n) is 3.13. The van der Waals surface area contributed by atoms with Crippen LogP contribution in [0.3, 0.4) is 0 Å². The standard InChI is InChI=1S/C20H21NO5/c1-4-5-14-13(3)16-10-26-20(25)18(16)19(21-11-22)15(14)8-6-12(2)7-9-17(23)24/h4,6H,1,5,7-10H2,2-3H3,(H,23,24)/b12-6+. The van der Waals surface area contributed by atoms with E-state index in [1.165, 1.54) is 6.08 Å². The quantitative estimate of drug-likeness (QED) is 0.332. The summed E-state index contributed by atoms with van der Waals surface area (Å²) >= 11 is 0. The van der Waals surface area contributed by atoms with Crippen molar-refractivity contribution in [2.45, 2.75) is 46.1 Å². The molecule has 0 spiro atoms. The minimum absolute atomic E-state index is 0.0523. The van der Waals surface area contributed by atoms with Gasteiger partial charge in [0.1, 0.15) is 6.61 Å². The van der Waals surface area contributed by atoms with Crippen molar-refractivity contribution in [3.8, 4) is 0 Å². The molecule has 0 unspecified atom stereocenters. The van der Waals surface area contributed by atoms with E-state index in [0.717, 1.165) is 27.8 Å². The molecule has 136 valence electrons. The number of hydrogen-bond donors (Lipinski definition) is 1. The molecule has 0 radical (unpaired) electrons. The number of carboxylic acids is 1. The second-order valence-corrected chi connectivity index (χ2v) is 6.20. The molecule has 0 aliphatic carbocycles. The molecule has 6 heteroatoms. The first kappa shape index (κ1) is 19.3. The van der Waals surface area contributed by atoms with Crippen LogP contribution in [0.1, 0.15) is 52.4 Å². The molecule has 0 saturated carbocycles. The van der Waals surface area contributed by atoms with Gasteiger partial charge in [0.2, 0.25) is 6.08 Å². The van der Waals surface area contributed by atoms with Gasteiger partial charge in [0.15, 0.2) is 0 Å². The summed E-state index contributed by atoms with van der Waals surface area (Å²) in [6.07, 6.45) is 6.67. The number of rotatable bonds is 8. The van der Waals surface area contributed by atoms with E-state index in [-0.39, 0.29) is 13.0 Å². The maximum atomic E-state index is 12.1. The Hall–Kier alpha value is -2.98. The van der Waals surface area contributed by atoms with Gasteiger partial charge in [-0.3, -0.25) is 4.79 Å². The van der Waals surface area contributed by atoms with Crippen molar-refractivity contribution < 1.29 is 24.2 Å². The van der Waals surface area contributed by atoms with Crippen LogP contribution < -0.4 is 0 Å². The van der Waals surface area contributed by atoms with Crippen LogP contribution in [-0.4, -0.2) is 23.1 Å². The topological polar surface area (TPSA) is 93.0 Å². The van der Waals surface area contributed by atoms with Gasteiger partial charge in [-0.1, -0.05) is 17.7 Å². The van der Waals surface area contributed by atoms with Crippen LogP contribution in [0.5, 0.6) is 0 Å². The van der Waals surface area contributed by atoms with Gasteiger partial charge >= 0.3 is 11.9 Å². The first-order chi connectivity index (χ1) is 12.4. The van der Waals surface area contributed by atoms with Crippen molar-refractivity contribution in [3.05, 3.63) is 52.1 Å². The first-order valence-corrected chi connectivity index (χ1v) is 8.31. The number of hydrogen-bond acceptors (Lipinski definition) is 5. The lowest BCUT2D eigenvalue weighted by molar-refractivity contribution is -0.136. The van der Waals surface area contributed by atoms with Crippen molar-refractivity contribution in [1.82, 2.24) is 0 Å². The first-order valence-electron chi connectivity index (χ1n) is 8.31. The van der Waals surface area contributed by atoms with E-state index in [4.69, 9.17) is 9.84 Å². The van der Waals surface area contributed by atoms with E-state index in [9.17, 15) is 14.4 Å². The molecule has 0 bridgehead atoms. The molecule has 1 aliphatic heterocycles. The van der Waals surface area contributed by atoms with Crippen molar-refractivity contribution in [3.63, 3.8) is 0 Å². The van der Waals surface area contributed by atoms with E-state index in [1.54, 1.807) is 6.08 Å². The highest BCUT2D eigenvalue weighted by molar-refractivity contribution is 6.00. The van der Waals surface area contributed by atoms with Gasteiger partial charge in [0.05, 0.1) is 11.3 Å². The zero-order chi connectivity index (χ0) is 19.3. The fraction of sp³-hybridized carbons (Fsp3) is 0.350. The predicted molar refractivity (Wildman–Crippen MR) is 96.3 cm³/mol. The summed E-state index contributed by atoms with van der Waals surface area (Å²) in [7, 11) is 0. The van der Waals surface area contributed by atoms with Crippen LogP contribution in [0.4, 0.5) is 5.69 Å². The summed E-state index contributed by atoms with van der Waals surface area (Å²) in [5.41, 5.74) is 4.91. The molecule has 1 N–H and O–H groups in total. The van der Waals surface area contributed by atoms with E-state index < -0.39 is 11.9 Å². The van der Waals surface area contributed by atoms with Gasteiger partial charge < -0.3 is 9.84 Å². The Morgan fingerprint density at radius 3 is 2.69 bits per heavy atom. The van der Waals surface area contributed by atoms with E-state index in [1.807, 2.05) is 19.9 Å². The highest BCUT2D eigenvalue weighted by Gasteiger charge is 2.31. The molecular formula is C20H21NO5. The molecule has 1 aliphatic rings. The predicted octanol–water partition coefficient (Wildman–Crippen LogP) is 3.71.